The summed E-state index contributed by atoms with van der Waals surface area (Å²) >= 11 is 3.36. The lowest BCUT2D eigenvalue weighted by molar-refractivity contribution is -0.384. The zero-order valence-electron chi connectivity index (χ0n) is 15.4. The Bertz CT molecular complexity index is 748. The van der Waals surface area contributed by atoms with Crippen LogP contribution in [0.1, 0.15) is 29.3 Å². The Hall–Kier alpha value is -2.25. The van der Waals surface area contributed by atoms with E-state index >= 15 is 0 Å². The molecule has 0 radical (unpaired) electrons. The van der Waals surface area contributed by atoms with E-state index in [1.165, 1.54) is 0 Å². The highest BCUT2D eigenvalue weighted by atomic mass is 79.9. The van der Waals surface area contributed by atoms with E-state index in [1.54, 1.807) is 24.3 Å². The molecule has 0 aliphatic carbocycles. The highest BCUT2D eigenvalue weighted by molar-refractivity contribution is 9.10. The predicted octanol–water partition coefficient (Wildman–Crippen LogP) is 4.04. The number of amides is 1. The standard InChI is InChI=1S/C20H24BrN3O3/c1-2-23(15-12-16-4-10-19(11-5-16)24(26)27)14-3-13-22-20(25)17-6-8-18(21)9-7-17/h4-11H,2-3,12-15H2,1H3,(H,22,25). The minimum absolute atomic E-state index is 0.0589. The van der Waals surface area contributed by atoms with Gasteiger partial charge in [0.25, 0.3) is 11.6 Å². The maximum absolute atomic E-state index is 12.1. The number of benzene rings is 2. The predicted molar refractivity (Wildman–Crippen MR) is 110 cm³/mol. The van der Waals surface area contributed by atoms with E-state index in [2.05, 4.69) is 33.1 Å². The van der Waals surface area contributed by atoms with E-state index in [9.17, 15) is 14.9 Å². The van der Waals surface area contributed by atoms with Crippen molar-refractivity contribution in [2.45, 2.75) is 19.8 Å². The van der Waals surface area contributed by atoms with Crippen molar-refractivity contribution in [2.24, 2.45) is 0 Å². The molecule has 0 heterocycles. The molecule has 0 atom stereocenters. The summed E-state index contributed by atoms with van der Waals surface area (Å²) in [7, 11) is 0. The number of nitrogens with zero attached hydrogens (tertiary/aromatic N) is 2. The Morgan fingerprint density at radius 2 is 1.78 bits per heavy atom. The van der Waals surface area contributed by atoms with Crippen LogP contribution >= 0.6 is 15.9 Å². The lowest BCUT2D eigenvalue weighted by atomic mass is 10.1. The fourth-order valence-corrected chi connectivity index (χ4v) is 2.97. The third-order valence-electron chi connectivity index (χ3n) is 4.35. The topological polar surface area (TPSA) is 75.5 Å². The highest BCUT2D eigenvalue weighted by Crippen LogP contribution is 2.13. The van der Waals surface area contributed by atoms with Crippen LogP contribution in [0.25, 0.3) is 0 Å². The second-order valence-electron chi connectivity index (χ2n) is 6.22. The van der Waals surface area contributed by atoms with Crippen LogP contribution in [0, 0.1) is 10.1 Å². The molecule has 0 aliphatic rings. The monoisotopic (exact) mass is 433 g/mol. The lowest BCUT2D eigenvalue weighted by Crippen LogP contribution is -2.31. The van der Waals surface area contributed by atoms with Crippen molar-refractivity contribution in [3.05, 3.63) is 74.2 Å². The van der Waals surface area contributed by atoms with Crippen LogP contribution in [-0.2, 0) is 6.42 Å². The Balaban J connectivity index is 1.69. The first kappa shape index (κ1) is 21.1. The van der Waals surface area contributed by atoms with Gasteiger partial charge in [-0.25, -0.2) is 0 Å². The van der Waals surface area contributed by atoms with Crippen LogP contribution in [0.2, 0.25) is 0 Å². The van der Waals surface area contributed by atoms with E-state index in [4.69, 9.17) is 0 Å². The van der Waals surface area contributed by atoms with Crippen molar-refractivity contribution in [1.29, 1.82) is 0 Å². The number of carbonyl (C=O) groups is 1. The van der Waals surface area contributed by atoms with E-state index in [0.29, 0.717) is 12.1 Å². The first-order valence-corrected chi connectivity index (χ1v) is 9.78. The maximum Gasteiger partial charge on any atom is 0.269 e. The minimum Gasteiger partial charge on any atom is -0.352 e. The molecule has 0 saturated carbocycles. The Morgan fingerprint density at radius 1 is 1.11 bits per heavy atom. The molecule has 2 aromatic carbocycles. The molecule has 7 heteroatoms. The molecule has 1 amide bonds. The van der Waals surface area contributed by atoms with Gasteiger partial charge >= 0.3 is 0 Å². The van der Waals surface area contributed by atoms with Gasteiger partial charge in [0.15, 0.2) is 0 Å². The summed E-state index contributed by atoms with van der Waals surface area (Å²) in [4.78, 5) is 24.7. The number of nitro groups is 1. The average Bonchev–Trinajstić information content (AvgIpc) is 2.68. The molecular weight excluding hydrogens is 410 g/mol. The van der Waals surface area contributed by atoms with E-state index in [0.717, 1.165) is 42.5 Å². The molecule has 0 bridgehead atoms. The molecule has 0 spiro atoms. The Kier molecular flexibility index (Phi) is 8.42. The van der Waals surface area contributed by atoms with Gasteiger partial charge in [-0.2, -0.15) is 0 Å². The van der Waals surface area contributed by atoms with Gasteiger partial charge in [0.2, 0.25) is 0 Å². The highest BCUT2D eigenvalue weighted by Gasteiger charge is 2.07. The summed E-state index contributed by atoms with van der Waals surface area (Å²) in [5.74, 6) is -0.0589. The third kappa shape index (κ3) is 7.11. The molecular formula is C20H24BrN3O3. The number of nitro benzene ring substituents is 1. The van der Waals surface area contributed by atoms with Crippen LogP contribution in [0.15, 0.2) is 53.0 Å². The van der Waals surface area contributed by atoms with Crippen LogP contribution < -0.4 is 5.32 Å². The molecule has 0 saturated heterocycles. The van der Waals surface area contributed by atoms with Crippen molar-refractivity contribution in [2.75, 3.05) is 26.2 Å². The first-order chi connectivity index (χ1) is 13.0. The van der Waals surface area contributed by atoms with E-state index in [1.807, 2.05) is 24.3 Å². The second-order valence-corrected chi connectivity index (χ2v) is 7.14. The van der Waals surface area contributed by atoms with E-state index < -0.39 is 0 Å². The fraction of sp³-hybridized carbons (Fsp3) is 0.350. The van der Waals surface area contributed by atoms with Gasteiger partial charge in [-0.15, -0.1) is 0 Å². The largest absolute Gasteiger partial charge is 0.352 e. The number of hydrogen-bond acceptors (Lipinski definition) is 4. The molecule has 6 nitrogen and oxygen atoms in total. The van der Waals surface area contributed by atoms with Crippen molar-refractivity contribution < 1.29 is 9.72 Å². The first-order valence-electron chi connectivity index (χ1n) is 8.99. The molecule has 2 rings (SSSR count). The van der Waals surface area contributed by atoms with Crippen molar-refractivity contribution in [3.8, 4) is 0 Å². The average molecular weight is 434 g/mol. The van der Waals surface area contributed by atoms with Crippen LogP contribution in [0.4, 0.5) is 5.69 Å². The number of carbonyl (C=O) groups excluding carboxylic acids is 1. The summed E-state index contributed by atoms with van der Waals surface area (Å²) in [6.45, 7) is 5.44. The SMILES string of the molecule is CCN(CCCNC(=O)c1ccc(Br)cc1)CCc1ccc([N+](=O)[O-])cc1. The molecule has 27 heavy (non-hydrogen) atoms. The summed E-state index contributed by atoms with van der Waals surface area (Å²) in [5.41, 5.74) is 1.86. The fourth-order valence-electron chi connectivity index (χ4n) is 2.71. The summed E-state index contributed by atoms with van der Waals surface area (Å²) in [6.07, 6.45) is 1.72. The molecule has 1 N–H and O–H groups in total. The quantitative estimate of drug-likeness (QED) is 0.348. The number of rotatable bonds is 10. The number of likely N-dealkylation sites (N-methyl/N-ethyl adjacent to an activating group) is 1. The molecule has 2 aromatic rings. The zero-order chi connectivity index (χ0) is 19.6. The van der Waals surface area contributed by atoms with Crippen molar-refractivity contribution in [1.82, 2.24) is 10.2 Å². The van der Waals surface area contributed by atoms with Crippen molar-refractivity contribution >= 4 is 27.5 Å². The number of non-ortho nitro benzene ring substituents is 1. The van der Waals surface area contributed by atoms with Crippen LogP contribution in [-0.4, -0.2) is 41.9 Å². The van der Waals surface area contributed by atoms with Gasteiger partial charge in [-0.05, 0) is 55.8 Å². The zero-order valence-corrected chi connectivity index (χ0v) is 16.9. The van der Waals surface area contributed by atoms with E-state index in [-0.39, 0.29) is 16.5 Å². The van der Waals surface area contributed by atoms with Crippen LogP contribution in [0.5, 0.6) is 0 Å². The van der Waals surface area contributed by atoms with Crippen LogP contribution in [0.3, 0.4) is 0 Å². The maximum atomic E-state index is 12.1. The molecule has 144 valence electrons. The smallest absolute Gasteiger partial charge is 0.269 e. The molecule has 0 aromatic heterocycles. The number of nitrogens with one attached hydrogen (secondary N) is 1. The van der Waals surface area contributed by atoms with Gasteiger partial charge < -0.3 is 10.2 Å². The van der Waals surface area contributed by atoms with Gasteiger partial charge in [-0.3, -0.25) is 14.9 Å². The summed E-state index contributed by atoms with van der Waals surface area (Å²) < 4.78 is 0.950. The number of halogens is 1. The van der Waals surface area contributed by atoms with Gasteiger partial charge in [0, 0.05) is 35.3 Å². The third-order valence-corrected chi connectivity index (χ3v) is 4.88. The number of hydrogen-bond donors (Lipinski definition) is 1. The summed E-state index contributed by atoms with van der Waals surface area (Å²) in [5, 5.41) is 13.6. The lowest BCUT2D eigenvalue weighted by Gasteiger charge is -2.20. The van der Waals surface area contributed by atoms with Crippen molar-refractivity contribution in [3.63, 3.8) is 0 Å². The minimum atomic E-state index is -0.384. The Morgan fingerprint density at radius 3 is 2.37 bits per heavy atom. The van der Waals surface area contributed by atoms with Gasteiger partial charge in [0.1, 0.15) is 0 Å². The van der Waals surface area contributed by atoms with Gasteiger partial charge in [-0.1, -0.05) is 35.0 Å². The normalized spacial score (nSPS) is 10.8. The Labute approximate surface area is 167 Å². The molecule has 0 fully saturated rings. The van der Waals surface area contributed by atoms with Gasteiger partial charge in [0.05, 0.1) is 4.92 Å². The second kappa shape index (κ2) is 10.8. The summed E-state index contributed by atoms with van der Waals surface area (Å²) in [6, 6.07) is 14.0. The molecule has 0 aliphatic heterocycles. The molecule has 0 unspecified atom stereocenters.